The van der Waals surface area contributed by atoms with E-state index in [9.17, 15) is 9.59 Å². The lowest BCUT2D eigenvalue weighted by Crippen LogP contribution is -2.28. The minimum atomic E-state index is -0.760. The summed E-state index contributed by atoms with van der Waals surface area (Å²) in [6.07, 6.45) is 1.75. The molecule has 21 heavy (non-hydrogen) atoms. The maximum absolute atomic E-state index is 12.4. The summed E-state index contributed by atoms with van der Waals surface area (Å²) < 4.78 is 0. The van der Waals surface area contributed by atoms with Gasteiger partial charge in [-0.3, -0.25) is 9.59 Å². The van der Waals surface area contributed by atoms with Crippen LogP contribution in [0.15, 0.2) is 24.3 Å². The molecule has 2 rings (SSSR count). The first-order valence-electron chi connectivity index (χ1n) is 7.58. The second-order valence-corrected chi connectivity index (χ2v) is 6.11. The van der Waals surface area contributed by atoms with Gasteiger partial charge in [0.15, 0.2) is 0 Å². The molecule has 1 aliphatic heterocycles. The van der Waals surface area contributed by atoms with E-state index in [2.05, 4.69) is 13.8 Å². The Morgan fingerprint density at radius 2 is 1.95 bits per heavy atom. The van der Waals surface area contributed by atoms with E-state index in [0.29, 0.717) is 24.8 Å². The zero-order valence-corrected chi connectivity index (χ0v) is 12.7. The third-order valence-electron chi connectivity index (χ3n) is 4.16. The fourth-order valence-electron chi connectivity index (χ4n) is 2.77. The zero-order valence-electron chi connectivity index (χ0n) is 12.7. The minimum Gasteiger partial charge on any atom is -0.481 e. The molecule has 0 bridgehead atoms. The van der Waals surface area contributed by atoms with Crippen LogP contribution in [0.3, 0.4) is 0 Å². The summed E-state index contributed by atoms with van der Waals surface area (Å²) in [5.74, 6) is 0.0773. The average Bonchev–Trinajstić information content (AvgIpc) is 2.93. The van der Waals surface area contributed by atoms with Gasteiger partial charge in [-0.05, 0) is 42.4 Å². The largest absolute Gasteiger partial charge is 0.481 e. The van der Waals surface area contributed by atoms with E-state index in [0.717, 1.165) is 18.5 Å². The Morgan fingerprint density at radius 1 is 1.29 bits per heavy atom. The second-order valence-electron chi connectivity index (χ2n) is 6.11. The van der Waals surface area contributed by atoms with Crippen molar-refractivity contribution in [1.29, 1.82) is 0 Å². The van der Waals surface area contributed by atoms with Crippen molar-refractivity contribution < 1.29 is 14.7 Å². The minimum absolute atomic E-state index is 0.0585. The molecule has 1 heterocycles. The predicted molar refractivity (Wildman–Crippen MR) is 81.4 cm³/mol. The highest BCUT2D eigenvalue weighted by atomic mass is 16.4. The molecule has 1 saturated heterocycles. The molecule has 1 aliphatic rings. The van der Waals surface area contributed by atoms with Gasteiger partial charge >= 0.3 is 5.97 Å². The van der Waals surface area contributed by atoms with E-state index in [4.69, 9.17) is 5.11 Å². The molecular weight excluding hydrogens is 266 g/mol. The average molecular weight is 289 g/mol. The van der Waals surface area contributed by atoms with E-state index in [1.54, 1.807) is 0 Å². The molecule has 4 nitrogen and oxygen atoms in total. The molecule has 1 aromatic carbocycles. The number of hydrogen-bond donors (Lipinski definition) is 1. The molecule has 114 valence electrons. The second kappa shape index (κ2) is 6.74. The van der Waals surface area contributed by atoms with Crippen LogP contribution in [-0.4, -0.2) is 35.0 Å². The predicted octanol–water partition coefficient (Wildman–Crippen LogP) is 3.14. The molecule has 0 saturated carbocycles. The third-order valence-corrected chi connectivity index (χ3v) is 4.16. The lowest BCUT2D eigenvalue weighted by atomic mass is 10.0. The molecule has 1 amide bonds. The quantitative estimate of drug-likeness (QED) is 0.906. The van der Waals surface area contributed by atoms with Crippen LogP contribution >= 0.6 is 0 Å². The monoisotopic (exact) mass is 289 g/mol. The van der Waals surface area contributed by atoms with Crippen LogP contribution < -0.4 is 0 Å². The maximum Gasteiger partial charge on any atom is 0.303 e. The number of hydrogen-bond acceptors (Lipinski definition) is 2. The summed E-state index contributed by atoms with van der Waals surface area (Å²) in [6, 6.07) is 7.80. The van der Waals surface area contributed by atoms with E-state index >= 15 is 0 Å². The van der Waals surface area contributed by atoms with E-state index in [1.165, 1.54) is 5.56 Å². The van der Waals surface area contributed by atoms with Crippen molar-refractivity contribution in [2.75, 3.05) is 13.1 Å². The van der Waals surface area contributed by atoms with Gasteiger partial charge in [0.25, 0.3) is 5.91 Å². The Hall–Kier alpha value is -1.84. The number of likely N-dealkylation sites (tertiary alicyclic amines) is 1. The lowest BCUT2D eigenvalue weighted by molar-refractivity contribution is -0.137. The van der Waals surface area contributed by atoms with Crippen LogP contribution in [-0.2, 0) is 4.79 Å². The van der Waals surface area contributed by atoms with Gasteiger partial charge in [0.1, 0.15) is 0 Å². The summed E-state index contributed by atoms with van der Waals surface area (Å²) in [4.78, 5) is 24.9. The number of benzene rings is 1. The van der Waals surface area contributed by atoms with Crippen LogP contribution in [0.2, 0.25) is 0 Å². The van der Waals surface area contributed by atoms with E-state index < -0.39 is 5.97 Å². The van der Waals surface area contributed by atoms with Gasteiger partial charge in [-0.25, -0.2) is 0 Å². The molecule has 1 atom stereocenters. The van der Waals surface area contributed by atoms with Gasteiger partial charge in [-0.15, -0.1) is 0 Å². The van der Waals surface area contributed by atoms with E-state index in [1.807, 2.05) is 29.2 Å². The SMILES string of the molecule is CC(C)c1ccc(C(=O)N2CCC(CCC(=O)O)C2)cc1. The van der Waals surface area contributed by atoms with Gasteiger partial charge in [0, 0.05) is 25.1 Å². The number of aliphatic carboxylic acids is 1. The number of carbonyl (C=O) groups is 2. The molecular formula is C17H23NO3. The smallest absolute Gasteiger partial charge is 0.303 e. The fraction of sp³-hybridized carbons (Fsp3) is 0.529. The molecule has 1 fully saturated rings. The van der Waals surface area contributed by atoms with E-state index in [-0.39, 0.29) is 12.3 Å². The Labute approximate surface area is 125 Å². The Balaban J connectivity index is 1.93. The number of amides is 1. The van der Waals surface area contributed by atoms with Gasteiger partial charge in [0.05, 0.1) is 0 Å². The Bertz CT molecular complexity index is 507. The highest BCUT2D eigenvalue weighted by Gasteiger charge is 2.27. The van der Waals surface area contributed by atoms with Crippen LogP contribution in [0, 0.1) is 5.92 Å². The molecule has 1 unspecified atom stereocenters. The first kappa shape index (κ1) is 15.5. The lowest BCUT2D eigenvalue weighted by Gasteiger charge is -2.17. The molecule has 0 aliphatic carbocycles. The Kier molecular flexibility index (Phi) is 4.99. The van der Waals surface area contributed by atoms with Crippen molar-refractivity contribution in [3.63, 3.8) is 0 Å². The maximum atomic E-state index is 12.4. The van der Waals surface area contributed by atoms with Crippen molar-refractivity contribution >= 4 is 11.9 Å². The summed E-state index contributed by atoms with van der Waals surface area (Å²) in [7, 11) is 0. The zero-order chi connectivity index (χ0) is 15.4. The fourth-order valence-corrected chi connectivity index (χ4v) is 2.77. The Morgan fingerprint density at radius 3 is 2.52 bits per heavy atom. The molecule has 1 N–H and O–H groups in total. The summed E-state index contributed by atoms with van der Waals surface area (Å²) >= 11 is 0. The van der Waals surface area contributed by atoms with Gasteiger partial charge in [-0.1, -0.05) is 26.0 Å². The first-order chi connectivity index (χ1) is 9.97. The van der Waals surface area contributed by atoms with Crippen molar-refractivity contribution in [3.05, 3.63) is 35.4 Å². The van der Waals surface area contributed by atoms with Gasteiger partial charge in [-0.2, -0.15) is 0 Å². The summed E-state index contributed by atoms with van der Waals surface area (Å²) in [5.41, 5.74) is 1.95. The topological polar surface area (TPSA) is 57.6 Å². The molecule has 0 radical (unpaired) electrons. The van der Waals surface area contributed by atoms with Crippen LogP contribution in [0.1, 0.15) is 54.9 Å². The molecule has 0 aromatic heterocycles. The van der Waals surface area contributed by atoms with Crippen LogP contribution in [0.5, 0.6) is 0 Å². The van der Waals surface area contributed by atoms with Crippen molar-refractivity contribution in [2.45, 2.75) is 39.0 Å². The highest BCUT2D eigenvalue weighted by Crippen LogP contribution is 2.23. The van der Waals surface area contributed by atoms with Crippen LogP contribution in [0.25, 0.3) is 0 Å². The molecule has 4 heteroatoms. The van der Waals surface area contributed by atoms with Crippen molar-refractivity contribution in [2.24, 2.45) is 5.92 Å². The van der Waals surface area contributed by atoms with Crippen molar-refractivity contribution in [1.82, 2.24) is 4.90 Å². The van der Waals surface area contributed by atoms with Crippen LogP contribution in [0.4, 0.5) is 0 Å². The highest BCUT2D eigenvalue weighted by molar-refractivity contribution is 5.94. The number of carbonyl (C=O) groups excluding carboxylic acids is 1. The summed E-state index contributed by atoms with van der Waals surface area (Å²) in [5, 5.41) is 8.72. The normalized spacial score (nSPS) is 18.2. The van der Waals surface area contributed by atoms with Gasteiger partial charge < -0.3 is 10.0 Å². The third kappa shape index (κ3) is 4.06. The molecule has 0 spiro atoms. The number of nitrogens with zero attached hydrogens (tertiary/aromatic N) is 1. The number of rotatable bonds is 5. The number of carboxylic acid groups (broad SMARTS) is 1. The summed E-state index contributed by atoms with van der Waals surface area (Å²) in [6.45, 7) is 5.67. The van der Waals surface area contributed by atoms with Gasteiger partial charge in [0.2, 0.25) is 0 Å². The standard InChI is InChI=1S/C17H23NO3/c1-12(2)14-4-6-15(7-5-14)17(21)18-10-9-13(11-18)3-8-16(19)20/h4-7,12-13H,3,8-11H2,1-2H3,(H,19,20). The molecule has 1 aromatic rings. The number of carboxylic acids is 1. The van der Waals surface area contributed by atoms with Crippen molar-refractivity contribution in [3.8, 4) is 0 Å². The first-order valence-corrected chi connectivity index (χ1v) is 7.58.